The van der Waals surface area contributed by atoms with Gasteiger partial charge in [-0.25, -0.2) is 0 Å². The van der Waals surface area contributed by atoms with Crippen LogP contribution in [0.1, 0.15) is 44.6 Å². The zero-order valence-corrected chi connectivity index (χ0v) is 19.5. The van der Waals surface area contributed by atoms with Crippen LogP contribution < -0.4 is 10.6 Å². The van der Waals surface area contributed by atoms with Crippen LogP contribution in [0.15, 0.2) is 41.6 Å². The predicted octanol–water partition coefficient (Wildman–Crippen LogP) is 4.60. The summed E-state index contributed by atoms with van der Waals surface area (Å²) in [5.41, 5.74) is -0.642. The number of oxime groups is 1. The molecule has 1 unspecified atom stereocenters. The Balaban J connectivity index is 1.75. The number of halogens is 6. The molecule has 6 nitrogen and oxygen atoms in total. The molecule has 36 heavy (non-hydrogen) atoms. The number of nitrogens with zero attached hydrogens (tertiary/aromatic N) is 1. The van der Waals surface area contributed by atoms with Gasteiger partial charge in [0.15, 0.2) is 0 Å². The SMILES string of the molecule is Cc1cc(C)cc(C2(C(F)(F)F)CC(c3ccc(C(=O)NCC(=O)NCC(F)(F)F)c(C)c3)=NO2)c1. The Bertz CT molecular complexity index is 1190. The average molecular weight is 515 g/mol. The number of nitrogens with one attached hydrogen (secondary N) is 2. The van der Waals surface area contributed by atoms with Crippen molar-refractivity contribution in [3.05, 3.63) is 69.8 Å². The highest BCUT2D eigenvalue weighted by molar-refractivity contribution is 6.04. The van der Waals surface area contributed by atoms with Crippen molar-refractivity contribution in [1.82, 2.24) is 10.6 Å². The lowest BCUT2D eigenvalue weighted by molar-refractivity contribution is -0.275. The lowest BCUT2D eigenvalue weighted by Crippen LogP contribution is -2.42. The lowest BCUT2D eigenvalue weighted by atomic mass is 9.85. The van der Waals surface area contributed by atoms with Gasteiger partial charge in [-0.3, -0.25) is 9.59 Å². The molecule has 0 saturated heterocycles. The first-order chi connectivity index (χ1) is 16.6. The second kappa shape index (κ2) is 9.82. The maximum Gasteiger partial charge on any atom is 0.435 e. The van der Waals surface area contributed by atoms with E-state index in [2.05, 4.69) is 10.5 Å². The molecule has 1 aliphatic heterocycles. The standard InChI is InChI=1S/C24H23F6N3O3/c1-13-6-14(2)8-17(7-13)22(24(28,29)30)10-19(33-36-22)16-4-5-18(15(3)9-16)21(35)31-11-20(34)32-12-23(25,26)27/h4-9H,10-12H2,1-3H3,(H,31,35)(H,32,34). The van der Waals surface area contributed by atoms with E-state index in [1.807, 2.05) is 0 Å². The number of amides is 2. The number of hydrogen-bond acceptors (Lipinski definition) is 4. The molecule has 0 aromatic heterocycles. The molecule has 1 heterocycles. The van der Waals surface area contributed by atoms with Crippen LogP contribution in [0.3, 0.4) is 0 Å². The third kappa shape index (κ3) is 5.97. The molecule has 2 amide bonds. The van der Waals surface area contributed by atoms with Gasteiger partial charge in [0.1, 0.15) is 6.54 Å². The summed E-state index contributed by atoms with van der Waals surface area (Å²) in [7, 11) is 0. The number of aryl methyl sites for hydroxylation is 3. The number of carbonyl (C=O) groups excluding carboxylic acids is 2. The topological polar surface area (TPSA) is 79.8 Å². The van der Waals surface area contributed by atoms with Crippen LogP contribution in [0.2, 0.25) is 0 Å². The minimum Gasteiger partial charge on any atom is -0.374 e. The number of rotatable bonds is 6. The van der Waals surface area contributed by atoms with Crippen molar-refractivity contribution in [3.8, 4) is 0 Å². The summed E-state index contributed by atoms with van der Waals surface area (Å²) in [5.74, 6) is -1.76. The Labute approximate surface area is 202 Å². The zero-order valence-electron chi connectivity index (χ0n) is 19.5. The summed E-state index contributed by atoms with van der Waals surface area (Å²) in [6.07, 6.45) is -9.93. The minimum atomic E-state index is -4.76. The molecule has 194 valence electrons. The fraction of sp³-hybridized carbons (Fsp3) is 0.375. The van der Waals surface area contributed by atoms with E-state index in [0.29, 0.717) is 22.3 Å². The van der Waals surface area contributed by atoms with Gasteiger partial charge in [0.05, 0.1) is 12.3 Å². The molecule has 3 rings (SSSR count). The van der Waals surface area contributed by atoms with E-state index in [0.717, 1.165) is 0 Å². The van der Waals surface area contributed by atoms with E-state index in [1.165, 1.54) is 37.3 Å². The molecular formula is C24H23F6N3O3. The van der Waals surface area contributed by atoms with Crippen LogP contribution in [0, 0.1) is 20.8 Å². The van der Waals surface area contributed by atoms with E-state index in [4.69, 9.17) is 4.84 Å². The predicted molar refractivity (Wildman–Crippen MR) is 118 cm³/mol. The van der Waals surface area contributed by atoms with E-state index in [9.17, 15) is 35.9 Å². The maximum atomic E-state index is 14.2. The quantitative estimate of drug-likeness (QED) is 0.552. The summed E-state index contributed by atoms with van der Waals surface area (Å²) in [4.78, 5) is 28.9. The summed E-state index contributed by atoms with van der Waals surface area (Å²) >= 11 is 0. The average Bonchev–Trinajstić information content (AvgIpc) is 3.22. The van der Waals surface area contributed by atoms with Crippen molar-refractivity contribution in [2.24, 2.45) is 5.16 Å². The van der Waals surface area contributed by atoms with E-state index < -0.39 is 49.3 Å². The highest BCUT2D eigenvalue weighted by atomic mass is 19.4. The van der Waals surface area contributed by atoms with Crippen LogP contribution in [0.4, 0.5) is 26.3 Å². The molecule has 1 atom stereocenters. The van der Waals surface area contributed by atoms with Crippen LogP contribution in [0.25, 0.3) is 0 Å². The number of hydrogen-bond donors (Lipinski definition) is 2. The van der Waals surface area contributed by atoms with Gasteiger partial charge >= 0.3 is 12.4 Å². The fourth-order valence-electron chi connectivity index (χ4n) is 3.88. The Morgan fingerprint density at radius 2 is 1.61 bits per heavy atom. The van der Waals surface area contributed by atoms with Gasteiger partial charge in [0, 0.05) is 17.5 Å². The summed E-state index contributed by atoms with van der Waals surface area (Å²) in [6, 6.07) is 8.74. The Morgan fingerprint density at radius 3 is 2.17 bits per heavy atom. The van der Waals surface area contributed by atoms with E-state index >= 15 is 0 Å². The highest BCUT2D eigenvalue weighted by Crippen LogP contribution is 2.49. The van der Waals surface area contributed by atoms with Crippen molar-refractivity contribution in [2.75, 3.05) is 13.1 Å². The molecule has 0 aliphatic carbocycles. The number of carbonyl (C=O) groups is 2. The van der Waals surface area contributed by atoms with Crippen molar-refractivity contribution in [3.63, 3.8) is 0 Å². The second-order valence-corrected chi connectivity index (χ2v) is 8.61. The smallest absolute Gasteiger partial charge is 0.374 e. The lowest BCUT2D eigenvalue weighted by Gasteiger charge is -2.30. The summed E-state index contributed by atoms with van der Waals surface area (Å²) < 4.78 is 79.2. The maximum absolute atomic E-state index is 14.2. The largest absolute Gasteiger partial charge is 0.435 e. The van der Waals surface area contributed by atoms with Crippen LogP contribution in [0.5, 0.6) is 0 Å². The van der Waals surface area contributed by atoms with Crippen molar-refractivity contribution >= 4 is 17.5 Å². The summed E-state index contributed by atoms with van der Waals surface area (Å²) in [5, 5.41) is 7.57. The first kappa shape index (κ1) is 27.0. The second-order valence-electron chi connectivity index (χ2n) is 8.61. The van der Waals surface area contributed by atoms with Gasteiger partial charge in [0.25, 0.3) is 11.5 Å². The molecule has 0 fully saturated rings. The molecule has 1 aliphatic rings. The number of alkyl halides is 6. The Kier molecular flexibility index (Phi) is 7.37. The molecule has 2 aromatic rings. The first-order valence-electron chi connectivity index (χ1n) is 10.7. The van der Waals surface area contributed by atoms with Crippen LogP contribution >= 0.6 is 0 Å². The van der Waals surface area contributed by atoms with E-state index in [1.54, 1.807) is 25.2 Å². The molecule has 0 radical (unpaired) electrons. The van der Waals surface area contributed by atoms with Gasteiger partial charge in [0.2, 0.25) is 5.91 Å². The molecule has 2 N–H and O–H groups in total. The molecular weight excluding hydrogens is 492 g/mol. The van der Waals surface area contributed by atoms with Crippen molar-refractivity contribution in [2.45, 2.75) is 45.1 Å². The minimum absolute atomic E-state index is 0.0353. The van der Waals surface area contributed by atoms with Crippen LogP contribution in [-0.2, 0) is 15.2 Å². The molecule has 2 aromatic carbocycles. The molecule has 0 bridgehead atoms. The zero-order chi connectivity index (χ0) is 26.9. The van der Waals surface area contributed by atoms with Crippen LogP contribution in [-0.4, -0.2) is 43.0 Å². The molecule has 12 heteroatoms. The first-order valence-corrected chi connectivity index (χ1v) is 10.7. The van der Waals surface area contributed by atoms with Crippen molar-refractivity contribution < 1.29 is 40.8 Å². The Hall–Kier alpha value is -3.57. The van der Waals surface area contributed by atoms with Crippen molar-refractivity contribution in [1.29, 1.82) is 0 Å². The molecule has 0 spiro atoms. The van der Waals surface area contributed by atoms with E-state index in [-0.39, 0.29) is 16.8 Å². The third-order valence-corrected chi connectivity index (χ3v) is 5.57. The molecule has 0 saturated carbocycles. The monoisotopic (exact) mass is 515 g/mol. The van der Waals surface area contributed by atoms with Gasteiger partial charge in [-0.1, -0.05) is 40.5 Å². The van der Waals surface area contributed by atoms with Gasteiger partial charge in [-0.15, -0.1) is 0 Å². The van der Waals surface area contributed by atoms with Gasteiger partial charge < -0.3 is 15.5 Å². The highest BCUT2D eigenvalue weighted by Gasteiger charge is 2.62. The normalized spacial score (nSPS) is 17.9. The Morgan fingerprint density at radius 1 is 0.972 bits per heavy atom. The summed E-state index contributed by atoms with van der Waals surface area (Å²) in [6.45, 7) is 2.69. The van der Waals surface area contributed by atoms with Gasteiger partial charge in [-0.05, 0) is 44.0 Å². The van der Waals surface area contributed by atoms with Gasteiger partial charge in [-0.2, -0.15) is 26.3 Å². The number of benzene rings is 2. The fourth-order valence-corrected chi connectivity index (χ4v) is 3.88. The third-order valence-electron chi connectivity index (χ3n) is 5.57.